The molecule has 3 unspecified atom stereocenters. The molecule has 3 saturated carbocycles. The number of hydrogen-bond acceptors (Lipinski definition) is 3. The third-order valence-corrected chi connectivity index (χ3v) is 9.80. The topological polar surface area (TPSA) is 57.5 Å². The summed E-state index contributed by atoms with van der Waals surface area (Å²) in [4.78, 5) is 13.5. The number of hydrogen-bond donors (Lipinski definition) is 2. The van der Waals surface area contributed by atoms with E-state index >= 15 is 0 Å². The first-order valence-corrected chi connectivity index (χ1v) is 11.5. The highest BCUT2D eigenvalue weighted by molar-refractivity contribution is 6.70. The van der Waals surface area contributed by atoms with Crippen LogP contribution in [-0.4, -0.2) is 59.6 Å². The smallest absolute Gasteiger partial charge is 0.119 e. The summed E-state index contributed by atoms with van der Waals surface area (Å²) >= 11 is 0. The van der Waals surface area contributed by atoms with Crippen molar-refractivity contribution in [3.05, 3.63) is 11.6 Å². The van der Waals surface area contributed by atoms with E-state index in [4.69, 9.17) is 0 Å². The van der Waals surface area contributed by atoms with Crippen molar-refractivity contribution in [3.63, 3.8) is 0 Å². The molecule has 0 saturated heterocycles. The second kappa shape index (κ2) is 6.30. The van der Waals surface area contributed by atoms with Crippen LogP contribution in [-0.2, 0) is 4.79 Å². The molecule has 28 heavy (non-hydrogen) atoms. The lowest BCUT2D eigenvalue weighted by Crippen LogP contribution is -2.58. The maximum Gasteiger partial charge on any atom is 0.119 e. The Morgan fingerprint density at radius 3 is 2.50 bits per heavy atom. The van der Waals surface area contributed by atoms with Gasteiger partial charge in [0.05, 0.1) is 35.7 Å². The molecule has 2 N–H and O–H groups in total. The number of carbonyl (C=O) groups is 1. The summed E-state index contributed by atoms with van der Waals surface area (Å²) in [5.41, 5.74) is 1.26. The van der Waals surface area contributed by atoms with Gasteiger partial charge >= 0.3 is 0 Å². The fourth-order valence-electron chi connectivity index (χ4n) is 8.22. The van der Waals surface area contributed by atoms with Gasteiger partial charge in [-0.1, -0.05) is 30.6 Å². The normalized spacial score (nSPS) is 50.9. The molecule has 150 valence electrons. The minimum atomic E-state index is -0.361. The molecule has 0 amide bonds. The zero-order valence-corrected chi connectivity index (χ0v) is 18.7. The molecule has 8 atom stereocenters. The van der Waals surface area contributed by atoms with Gasteiger partial charge in [-0.3, -0.25) is 0 Å². The zero-order chi connectivity index (χ0) is 20.7. The van der Waals surface area contributed by atoms with Crippen LogP contribution in [0.2, 0.25) is 10.4 Å². The summed E-state index contributed by atoms with van der Waals surface area (Å²) in [7, 11) is 8.33. The van der Waals surface area contributed by atoms with Crippen LogP contribution in [0.15, 0.2) is 11.6 Å². The second-order valence-corrected chi connectivity index (χ2v) is 12.2. The van der Waals surface area contributed by atoms with Crippen LogP contribution >= 0.6 is 0 Å². The number of ketones is 1. The molecule has 4 aliphatic rings. The number of Topliss-reactive ketones (excluding diaryl/α,β-unsaturated/α-hetero) is 1. The summed E-state index contributed by atoms with van der Waals surface area (Å²) in [6.45, 7) is 4.64. The fourth-order valence-corrected chi connectivity index (χ4v) is 8.22. The summed E-state index contributed by atoms with van der Waals surface area (Å²) in [5.74, 6) is 1.59. The van der Waals surface area contributed by atoms with E-state index in [0.717, 1.165) is 44.9 Å². The van der Waals surface area contributed by atoms with Crippen LogP contribution in [0.3, 0.4) is 0 Å². The Kier molecular flexibility index (Phi) is 4.69. The molecule has 4 aliphatic carbocycles. The van der Waals surface area contributed by atoms with E-state index in [2.05, 4.69) is 27.8 Å². The highest BCUT2D eigenvalue weighted by Gasteiger charge is 2.66. The van der Waals surface area contributed by atoms with Gasteiger partial charge in [0.25, 0.3) is 0 Å². The second-order valence-electron chi connectivity index (χ2n) is 12.2. The molecule has 0 heterocycles. The summed E-state index contributed by atoms with van der Waals surface area (Å²) in [5, 5.41) is 21.0. The SMILES string of the molecule is BC(B)(B)C(=O)[C@@]1(B)CCC2C3CC=C4C[C@@H](O)CC[C@]4(C)C3[C@@H](O)C[C@@]21C. The molecule has 0 bridgehead atoms. The first-order chi connectivity index (χ1) is 12.8. The number of carbonyl (C=O) groups excluding carboxylic acids is 1. The van der Waals surface area contributed by atoms with E-state index in [-0.39, 0.29) is 39.4 Å². The molecule has 0 spiro atoms. The highest BCUT2D eigenvalue weighted by atomic mass is 16.3. The van der Waals surface area contributed by atoms with Crippen molar-refractivity contribution in [2.24, 2.45) is 28.6 Å². The Bertz CT molecular complexity index is 719. The average molecular weight is 380 g/mol. The van der Waals surface area contributed by atoms with Gasteiger partial charge in [-0.2, -0.15) is 0 Å². The largest absolute Gasteiger partial charge is 0.393 e. The average Bonchev–Trinajstić information content (AvgIpc) is 2.85. The van der Waals surface area contributed by atoms with Crippen LogP contribution in [0.5, 0.6) is 0 Å². The zero-order valence-electron chi connectivity index (χ0n) is 18.7. The first kappa shape index (κ1) is 20.8. The van der Waals surface area contributed by atoms with E-state index in [9.17, 15) is 15.0 Å². The predicted molar refractivity (Wildman–Crippen MR) is 124 cm³/mol. The number of fused-ring (bicyclic) bond motifs is 5. The molecule has 3 nitrogen and oxygen atoms in total. The summed E-state index contributed by atoms with van der Waals surface area (Å²) in [6, 6.07) is 0. The van der Waals surface area contributed by atoms with Crippen LogP contribution < -0.4 is 0 Å². The predicted octanol–water partition coefficient (Wildman–Crippen LogP) is -0.385. The third-order valence-electron chi connectivity index (χ3n) is 9.80. The van der Waals surface area contributed by atoms with Crippen molar-refractivity contribution >= 4 is 37.2 Å². The van der Waals surface area contributed by atoms with Crippen LogP contribution in [0.4, 0.5) is 0 Å². The maximum atomic E-state index is 13.5. The minimum Gasteiger partial charge on any atom is -0.393 e. The molecule has 0 aromatic heterocycles. The molecule has 4 rings (SSSR count). The molecule has 0 radical (unpaired) electrons. The monoisotopic (exact) mass is 380 g/mol. The van der Waals surface area contributed by atoms with Gasteiger partial charge in [-0.05, 0) is 73.5 Å². The fraction of sp³-hybridized carbons (Fsp3) is 0.857. The molecular formula is C21H36B4O3. The van der Waals surface area contributed by atoms with Crippen molar-refractivity contribution in [2.45, 2.75) is 81.4 Å². The van der Waals surface area contributed by atoms with Crippen molar-refractivity contribution < 1.29 is 15.0 Å². The molecular weight excluding hydrogens is 343 g/mol. The van der Waals surface area contributed by atoms with Crippen molar-refractivity contribution in [1.29, 1.82) is 0 Å². The quantitative estimate of drug-likeness (QED) is 0.508. The van der Waals surface area contributed by atoms with Gasteiger partial charge in [0.15, 0.2) is 0 Å². The minimum absolute atomic E-state index is 0.00984. The lowest BCUT2D eigenvalue weighted by atomic mass is 9.32. The standard InChI is InChI=1S/C21H36B4O3/c1-18-7-5-12(26)9-11(18)3-4-13-14-6-8-20(22,17(28)21(23,24)25)19(14,2)10-15(27)16(13)18/h3,12-16,26-27H,4-10,22-25H2,1-2H3/t12-,13?,14?,15-,16?,18-,19-,20-/m0/s1. The molecule has 0 aliphatic heterocycles. The van der Waals surface area contributed by atoms with Crippen LogP contribution in [0.1, 0.15) is 58.8 Å². The van der Waals surface area contributed by atoms with Gasteiger partial charge in [0.2, 0.25) is 0 Å². The maximum absolute atomic E-state index is 13.5. The third kappa shape index (κ3) is 2.64. The molecule has 3 fully saturated rings. The van der Waals surface area contributed by atoms with Crippen molar-refractivity contribution in [1.82, 2.24) is 0 Å². The summed E-state index contributed by atoms with van der Waals surface area (Å²) < 4.78 is 0. The Morgan fingerprint density at radius 1 is 1.18 bits per heavy atom. The van der Waals surface area contributed by atoms with E-state index in [1.807, 2.05) is 23.5 Å². The van der Waals surface area contributed by atoms with Gasteiger partial charge in [-0.25, -0.2) is 0 Å². The molecule has 0 aromatic rings. The molecule has 0 aromatic carbocycles. The van der Waals surface area contributed by atoms with Gasteiger partial charge in [0, 0.05) is 5.31 Å². The van der Waals surface area contributed by atoms with E-state index in [0.29, 0.717) is 17.6 Å². The molecule has 7 heteroatoms. The van der Waals surface area contributed by atoms with Crippen LogP contribution in [0.25, 0.3) is 0 Å². The Hall–Kier alpha value is -0.410. The number of allylic oxidation sites excluding steroid dienone is 1. The number of rotatable bonds is 2. The van der Waals surface area contributed by atoms with Gasteiger partial charge in [0.1, 0.15) is 13.6 Å². The van der Waals surface area contributed by atoms with Gasteiger partial charge < -0.3 is 15.0 Å². The lowest BCUT2D eigenvalue weighted by Gasteiger charge is -2.61. The Morgan fingerprint density at radius 2 is 1.86 bits per heavy atom. The van der Waals surface area contributed by atoms with E-state index < -0.39 is 0 Å². The van der Waals surface area contributed by atoms with E-state index in [1.54, 1.807) is 0 Å². The van der Waals surface area contributed by atoms with Crippen molar-refractivity contribution in [3.8, 4) is 0 Å². The first-order valence-electron chi connectivity index (χ1n) is 11.5. The van der Waals surface area contributed by atoms with Crippen molar-refractivity contribution in [2.75, 3.05) is 0 Å². The Balaban J connectivity index is 1.73. The Labute approximate surface area is 174 Å². The highest BCUT2D eigenvalue weighted by Crippen LogP contribution is 2.72. The number of aliphatic hydroxyl groups is 2. The van der Waals surface area contributed by atoms with Crippen LogP contribution in [0, 0.1) is 28.6 Å². The number of aliphatic hydroxyl groups excluding tert-OH is 2. The van der Waals surface area contributed by atoms with Gasteiger partial charge in [-0.15, -0.1) is 0 Å². The van der Waals surface area contributed by atoms with E-state index in [1.165, 1.54) is 5.57 Å². The summed E-state index contributed by atoms with van der Waals surface area (Å²) in [6.07, 6.45) is 8.18. The lowest BCUT2D eigenvalue weighted by molar-refractivity contribution is -0.139.